The first kappa shape index (κ1) is 15.8. The zero-order valence-corrected chi connectivity index (χ0v) is 13.0. The van der Waals surface area contributed by atoms with E-state index in [-0.39, 0.29) is 17.4 Å². The SMILES string of the molecule is COc1ccccc1[C@@H](C)NC(=O)C1(CN)CCCCC1. The van der Waals surface area contributed by atoms with Crippen LogP contribution in [-0.4, -0.2) is 19.6 Å². The van der Waals surface area contributed by atoms with Gasteiger partial charge in [-0.1, -0.05) is 37.5 Å². The number of carbonyl (C=O) groups excluding carboxylic acids is 1. The van der Waals surface area contributed by atoms with Gasteiger partial charge in [0.1, 0.15) is 5.75 Å². The Bertz CT molecular complexity index is 481. The van der Waals surface area contributed by atoms with Gasteiger partial charge >= 0.3 is 0 Å². The maximum Gasteiger partial charge on any atom is 0.227 e. The second kappa shape index (κ2) is 6.94. The highest BCUT2D eigenvalue weighted by Gasteiger charge is 2.38. The number of carbonyl (C=O) groups is 1. The normalized spacial score (nSPS) is 18.8. The van der Waals surface area contributed by atoms with Crippen molar-refractivity contribution < 1.29 is 9.53 Å². The van der Waals surface area contributed by atoms with Crippen LogP contribution in [-0.2, 0) is 4.79 Å². The van der Waals surface area contributed by atoms with E-state index < -0.39 is 0 Å². The molecule has 1 aliphatic carbocycles. The summed E-state index contributed by atoms with van der Waals surface area (Å²) in [7, 11) is 1.65. The summed E-state index contributed by atoms with van der Waals surface area (Å²) >= 11 is 0. The van der Waals surface area contributed by atoms with Crippen molar-refractivity contribution in [2.45, 2.75) is 45.1 Å². The molecule has 1 atom stereocenters. The number of hydrogen-bond acceptors (Lipinski definition) is 3. The summed E-state index contributed by atoms with van der Waals surface area (Å²) in [6.45, 7) is 2.42. The van der Waals surface area contributed by atoms with E-state index in [0.717, 1.165) is 37.0 Å². The molecule has 21 heavy (non-hydrogen) atoms. The fourth-order valence-electron chi connectivity index (χ4n) is 3.20. The van der Waals surface area contributed by atoms with E-state index in [0.29, 0.717) is 6.54 Å². The smallest absolute Gasteiger partial charge is 0.227 e. The number of amides is 1. The molecule has 0 bridgehead atoms. The molecule has 1 aromatic rings. The summed E-state index contributed by atoms with van der Waals surface area (Å²) in [4.78, 5) is 12.7. The van der Waals surface area contributed by atoms with Crippen molar-refractivity contribution in [3.63, 3.8) is 0 Å². The number of nitrogens with one attached hydrogen (secondary N) is 1. The third kappa shape index (κ3) is 3.38. The van der Waals surface area contributed by atoms with Crippen molar-refractivity contribution in [1.82, 2.24) is 5.32 Å². The molecule has 1 saturated carbocycles. The first-order chi connectivity index (χ1) is 10.1. The lowest BCUT2D eigenvalue weighted by atomic mass is 9.73. The van der Waals surface area contributed by atoms with Crippen LogP contribution in [0.5, 0.6) is 5.75 Å². The third-order valence-corrected chi connectivity index (χ3v) is 4.64. The predicted octanol–water partition coefficient (Wildman–Crippen LogP) is 2.78. The lowest BCUT2D eigenvalue weighted by Gasteiger charge is -2.35. The molecule has 0 unspecified atom stereocenters. The van der Waals surface area contributed by atoms with Crippen LogP contribution >= 0.6 is 0 Å². The van der Waals surface area contributed by atoms with Crippen LogP contribution in [0.2, 0.25) is 0 Å². The van der Waals surface area contributed by atoms with Gasteiger partial charge in [-0.05, 0) is 25.8 Å². The highest BCUT2D eigenvalue weighted by Crippen LogP contribution is 2.36. The number of benzene rings is 1. The van der Waals surface area contributed by atoms with E-state index in [2.05, 4.69) is 5.32 Å². The highest BCUT2D eigenvalue weighted by molar-refractivity contribution is 5.83. The van der Waals surface area contributed by atoms with Crippen LogP contribution in [0.3, 0.4) is 0 Å². The van der Waals surface area contributed by atoms with Crippen LogP contribution in [0, 0.1) is 5.41 Å². The number of hydrogen-bond donors (Lipinski definition) is 2. The lowest BCUT2D eigenvalue weighted by Crippen LogP contribution is -2.47. The van der Waals surface area contributed by atoms with Gasteiger partial charge in [0.05, 0.1) is 18.6 Å². The number of methoxy groups -OCH3 is 1. The van der Waals surface area contributed by atoms with Crippen molar-refractivity contribution in [3.05, 3.63) is 29.8 Å². The van der Waals surface area contributed by atoms with Gasteiger partial charge in [-0.3, -0.25) is 4.79 Å². The minimum atomic E-state index is -0.380. The summed E-state index contributed by atoms with van der Waals surface area (Å²) in [6.07, 6.45) is 5.18. The van der Waals surface area contributed by atoms with E-state index in [4.69, 9.17) is 10.5 Å². The largest absolute Gasteiger partial charge is 0.496 e. The molecule has 1 fully saturated rings. The summed E-state index contributed by atoms with van der Waals surface area (Å²) in [5.41, 5.74) is 6.54. The van der Waals surface area contributed by atoms with Gasteiger partial charge < -0.3 is 15.8 Å². The lowest BCUT2D eigenvalue weighted by molar-refractivity contribution is -0.133. The molecule has 0 spiro atoms. The Hall–Kier alpha value is -1.55. The van der Waals surface area contributed by atoms with Crippen LogP contribution in [0.25, 0.3) is 0 Å². The average molecular weight is 290 g/mol. The Labute approximate surface area is 127 Å². The van der Waals surface area contributed by atoms with Crippen molar-refractivity contribution in [3.8, 4) is 5.75 Å². The maximum absolute atomic E-state index is 12.7. The zero-order chi connectivity index (χ0) is 15.3. The van der Waals surface area contributed by atoms with Gasteiger partial charge in [-0.2, -0.15) is 0 Å². The van der Waals surface area contributed by atoms with Gasteiger partial charge in [0.15, 0.2) is 0 Å². The molecule has 116 valence electrons. The highest BCUT2D eigenvalue weighted by atomic mass is 16.5. The molecular weight excluding hydrogens is 264 g/mol. The van der Waals surface area contributed by atoms with E-state index in [1.807, 2.05) is 31.2 Å². The summed E-state index contributed by atoms with van der Waals surface area (Å²) in [5, 5.41) is 3.13. The summed E-state index contributed by atoms with van der Waals surface area (Å²) in [6, 6.07) is 7.70. The molecule has 0 heterocycles. The van der Waals surface area contributed by atoms with E-state index in [1.54, 1.807) is 7.11 Å². The molecule has 0 aromatic heterocycles. The van der Waals surface area contributed by atoms with Crippen molar-refractivity contribution in [2.75, 3.05) is 13.7 Å². The van der Waals surface area contributed by atoms with Crippen LogP contribution < -0.4 is 15.8 Å². The van der Waals surface area contributed by atoms with Crippen molar-refractivity contribution in [1.29, 1.82) is 0 Å². The van der Waals surface area contributed by atoms with Crippen molar-refractivity contribution >= 4 is 5.91 Å². The molecule has 0 radical (unpaired) electrons. The average Bonchev–Trinajstić information content (AvgIpc) is 2.55. The minimum absolute atomic E-state index is 0.0843. The topological polar surface area (TPSA) is 64.3 Å². The second-order valence-corrected chi connectivity index (χ2v) is 5.98. The van der Waals surface area contributed by atoms with Crippen LogP contribution in [0.15, 0.2) is 24.3 Å². The van der Waals surface area contributed by atoms with E-state index >= 15 is 0 Å². The third-order valence-electron chi connectivity index (χ3n) is 4.64. The molecule has 1 aromatic carbocycles. The van der Waals surface area contributed by atoms with Gasteiger partial charge in [-0.15, -0.1) is 0 Å². The van der Waals surface area contributed by atoms with Crippen LogP contribution in [0.4, 0.5) is 0 Å². The molecule has 1 aliphatic rings. The van der Waals surface area contributed by atoms with E-state index in [9.17, 15) is 4.79 Å². The van der Waals surface area contributed by atoms with Gasteiger partial charge in [-0.25, -0.2) is 0 Å². The molecule has 3 N–H and O–H groups in total. The fourth-order valence-corrected chi connectivity index (χ4v) is 3.20. The van der Waals surface area contributed by atoms with E-state index in [1.165, 1.54) is 6.42 Å². The number of ether oxygens (including phenoxy) is 1. The van der Waals surface area contributed by atoms with Gasteiger partial charge in [0.25, 0.3) is 0 Å². The Morgan fingerprint density at radius 3 is 2.62 bits per heavy atom. The van der Waals surface area contributed by atoms with Gasteiger partial charge in [0, 0.05) is 12.1 Å². The van der Waals surface area contributed by atoms with Crippen molar-refractivity contribution in [2.24, 2.45) is 11.1 Å². The molecule has 0 aliphatic heterocycles. The number of rotatable bonds is 5. The molecule has 4 nitrogen and oxygen atoms in total. The molecular formula is C17H26N2O2. The second-order valence-electron chi connectivity index (χ2n) is 5.98. The standard InChI is InChI=1S/C17H26N2O2/c1-13(14-8-4-5-9-15(14)21-2)19-16(20)17(12-18)10-6-3-7-11-17/h4-5,8-9,13H,3,6-7,10-12,18H2,1-2H3,(H,19,20)/t13-/m1/s1. The fraction of sp³-hybridized carbons (Fsp3) is 0.588. The maximum atomic E-state index is 12.7. The van der Waals surface area contributed by atoms with Crippen LogP contribution in [0.1, 0.15) is 50.6 Å². The first-order valence-corrected chi connectivity index (χ1v) is 7.77. The molecule has 0 saturated heterocycles. The Morgan fingerprint density at radius 2 is 2.00 bits per heavy atom. The number of para-hydroxylation sites is 1. The monoisotopic (exact) mass is 290 g/mol. The summed E-state index contributed by atoms with van der Waals surface area (Å²) in [5.74, 6) is 0.888. The minimum Gasteiger partial charge on any atom is -0.496 e. The first-order valence-electron chi connectivity index (χ1n) is 7.77. The predicted molar refractivity (Wildman–Crippen MR) is 84.1 cm³/mol. The van der Waals surface area contributed by atoms with Gasteiger partial charge in [0.2, 0.25) is 5.91 Å². The number of nitrogens with two attached hydrogens (primary N) is 1. The molecule has 1 amide bonds. The zero-order valence-electron chi connectivity index (χ0n) is 13.0. The molecule has 4 heteroatoms. The summed E-state index contributed by atoms with van der Waals surface area (Å²) < 4.78 is 5.37. The Balaban J connectivity index is 2.11. The Kier molecular flexibility index (Phi) is 5.23. The molecule has 2 rings (SSSR count). The Morgan fingerprint density at radius 1 is 1.33 bits per heavy atom. The quantitative estimate of drug-likeness (QED) is 0.876.